The second-order valence-electron chi connectivity index (χ2n) is 6.21. The van der Waals surface area contributed by atoms with Crippen LogP contribution in [0, 0.1) is 0 Å². The summed E-state index contributed by atoms with van der Waals surface area (Å²) < 4.78 is 40.3. The van der Waals surface area contributed by atoms with Gasteiger partial charge in [-0.2, -0.15) is 13.2 Å². The maximum atomic E-state index is 13.1. The molecule has 3 rings (SSSR count). The van der Waals surface area contributed by atoms with E-state index in [9.17, 15) is 18.0 Å². The van der Waals surface area contributed by atoms with Gasteiger partial charge in [-0.25, -0.2) is 4.68 Å². The van der Waals surface area contributed by atoms with Gasteiger partial charge in [0.15, 0.2) is 5.69 Å². The van der Waals surface area contributed by atoms with Gasteiger partial charge in [0.2, 0.25) is 0 Å². The van der Waals surface area contributed by atoms with Gasteiger partial charge in [-0.1, -0.05) is 30.2 Å². The Morgan fingerprint density at radius 1 is 1.28 bits per heavy atom. The average Bonchev–Trinajstić information content (AvgIpc) is 3.24. The number of rotatable bonds is 4. The van der Waals surface area contributed by atoms with E-state index >= 15 is 0 Å². The fraction of sp³-hybridized carbons (Fsp3) is 0.438. The third-order valence-electron chi connectivity index (χ3n) is 4.51. The maximum Gasteiger partial charge on any atom is 0.418 e. The molecule has 3 N–H and O–H groups in total. The zero-order valence-corrected chi connectivity index (χ0v) is 13.4. The van der Waals surface area contributed by atoms with Crippen LogP contribution in [0.2, 0.25) is 0 Å². The number of hydrogen-bond acceptors (Lipinski definition) is 4. The first-order valence-electron chi connectivity index (χ1n) is 7.96. The number of nitrogens with one attached hydrogen (secondary N) is 1. The van der Waals surface area contributed by atoms with Crippen molar-refractivity contribution in [3.8, 4) is 5.69 Å². The summed E-state index contributed by atoms with van der Waals surface area (Å²) in [5.74, 6) is -0.483. The lowest BCUT2D eigenvalue weighted by atomic mass is 9.98. The van der Waals surface area contributed by atoms with E-state index in [1.165, 1.54) is 24.4 Å². The van der Waals surface area contributed by atoms with Gasteiger partial charge in [-0.05, 0) is 25.0 Å². The van der Waals surface area contributed by atoms with E-state index < -0.39 is 23.2 Å². The van der Waals surface area contributed by atoms with E-state index in [0.717, 1.165) is 36.4 Å². The van der Waals surface area contributed by atoms with Crippen molar-refractivity contribution in [2.24, 2.45) is 5.73 Å². The number of para-hydroxylation sites is 1. The highest BCUT2D eigenvalue weighted by molar-refractivity contribution is 5.92. The smallest absolute Gasteiger partial charge is 0.344 e. The highest BCUT2D eigenvalue weighted by Gasteiger charge is 2.36. The van der Waals surface area contributed by atoms with Crippen LogP contribution in [0.25, 0.3) is 5.69 Å². The first-order chi connectivity index (χ1) is 11.8. The minimum atomic E-state index is -4.53. The van der Waals surface area contributed by atoms with Gasteiger partial charge in [-0.15, -0.1) is 5.10 Å². The summed E-state index contributed by atoms with van der Waals surface area (Å²) in [7, 11) is 0. The van der Waals surface area contributed by atoms with Crippen LogP contribution in [0.5, 0.6) is 0 Å². The summed E-state index contributed by atoms with van der Waals surface area (Å²) in [5, 5.41) is 10.3. The van der Waals surface area contributed by atoms with Crippen LogP contribution in [0.15, 0.2) is 30.5 Å². The molecule has 0 bridgehead atoms. The Hall–Kier alpha value is -2.42. The quantitative estimate of drug-likeness (QED) is 0.883. The fourth-order valence-corrected chi connectivity index (χ4v) is 3.14. The molecule has 1 aliphatic rings. The number of halogens is 3. The Bertz CT molecular complexity index is 765. The number of aromatic nitrogens is 3. The lowest BCUT2D eigenvalue weighted by molar-refractivity contribution is -0.137. The Labute approximate surface area is 142 Å². The topological polar surface area (TPSA) is 85.8 Å². The SMILES string of the molecule is NCC1(NC(=O)c2cn(-c3ccccc3C(F)(F)F)nn2)CCCC1. The van der Waals surface area contributed by atoms with E-state index in [1.54, 1.807) is 0 Å². The van der Waals surface area contributed by atoms with Crippen LogP contribution in [-0.4, -0.2) is 33.0 Å². The number of nitrogens with two attached hydrogens (primary N) is 1. The standard InChI is InChI=1S/C16H18F3N5O/c17-16(18,19)11-5-1-2-6-13(11)24-9-12(22-23-24)14(25)21-15(10-20)7-3-4-8-15/h1-2,5-6,9H,3-4,7-8,10,20H2,(H,21,25). The van der Waals surface area contributed by atoms with Crippen LogP contribution < -0.4 is 11.1 Å². The van der Waals surface area contributed by atoms with Gasteiger partial charge in [0.05, 0.1) is 23.0 Å². The van der Waals surface area contributed by atoms with Crippen molar-refractivity contribution in [2.75, 3.05) is 6.54 Å². The molecule has 134 valence electrons. The van der Waals surface area contributed by atoms with E-state index in [-0.39, 0.29) is 11.4 Å². The van der Waals surface area contributed by atoms with Gasteiger partial charge >= 0.3 is 6.18 Å². The van der Waals surface area contributed by atoms with E-state index in [0.29, 0.717) is 6.54 Å². The second-order valence-corrected chi connectivity index (χ2v) is 6.21. The average molecular weight is 353 g/mol. The number of nitrogens with zero attached hydrogens (tertiary/aromatic N) is 3. The van der Waals surface area contributed by atoms with Crippen molar-refractivity contribution in [2.45, 2.75) is 37.4 Å². The number of amides is 1. The van der Waals surface area contributed by atoms with Crippen LogP contribution >= 0.6 is 0 Å². The number of carbonyl (C=O) groups excluding carboxylic acids is 1. The third kappa shape index (κ3) is 3.51. The Kier molecular flexibility index (Phi) is 4.51. The Balaban J connectivity index is 1.85. The molecule has 2 aromatic rings. The fourth-order valence-electron chi connectivity index (χ4n) is 3.14. The molecular formula is C16H18F3N5O. The normalized spacial score (nSPS) is 16.8. The highest BCUT2D eigenvalue weighted by atomic mass is 19.4. The van der Waals surface area contributed by atoms with Crippen molar-refractivity contribution in [1.82, 2.24) is 20.3 Å². The predicted octanol–water partition coefficient (Wildman–Crippen LogP) is 2.29. The molecule has 1 aliphatic carbocycles. The molecule has 1 amide bonds. The number of carbonyl (C=O) groups is 1. The molecule has 6 nitrogen and oxygen atoms in total. The summed E-state index contributed by atoms with van der Waals surface area (Å²) in [5.41, 5.74) is 4.24. The summed E-state index contributed by atoms with van der Waals surface area (Å²) in [6.07, 6.45) is 0.171. The van der Waals surface area contributed by atoms with Gasteiger partial charge in [0.25, 0.3) is 5.91 Å². The largest absolute Gasteiger partial charge is 0.418 e. The van der Waals surface area contributed by atoms with Crippen molar-refractivity contribution in [3.05, 3.63) is 41.7 Å². The minimum Gasteiger partial charge on any atom is -0.344 e. The molecule has 0 radical (unpaired) electrons. The molecule has 1 heterocycles. The van der Waals surface area contributed by atoms with Crippen LogP contribution in [-0.2, 0) is 6.18 Å². The monoisotopic (exact) mass is 353 g/mol. The molecular weight excluding hydrogens is 335 g/mol. The molecule has 0 spiro atoms. The van der Waals surface area contributed by atoms with Crippen molar-refractivity contribution >= 4 is 5.91 Å². The van der Waals surface area contributed by atoms with E-state index in [2.05, 4.69) is 15.6 Å². The van der Waals surface area contributed by atoms with Crippen molar-refractivity contribution < 1.29 is 18.0 Å². The molecule has 0 unspecified atom stereocenters. The number of benzene rings is 1. The highest BCUT2D eigenvalue weighted by Crippen LogP contribution is 2.33. The molecule has 0 saturated heterocycles. The summed E-state index contributed by atoms with van der Waals surface area (Å²) in [6, 6.07) is 4.99. The zero-order valence-electron chi connectivity index (χ0n) is 13.4. The van der Waals surface area contributed by atoms with Crippen molar-refractivity contribution in [3.63, 3.8) is 0 Å². The molecule has 1 saturated carbocycles. The van der Waals surface area contributed by atoms with Gasteiger partial charge in [0, 0.05) is 6.54 Å². The molecule has 9 heteroatoms. The molecule has 0 aliphatic heterocycles. The number of hydrogen-bond donors (Lipinski definition) is 2. The molecule has 1 aromatic heterocycles. The van der Waals surface area contributed by atoms with E-state index in [4.69, 9.17) is 5.73 Å². The summed E-state index contributed by atoms with van der Waals surface area (Å²) in [6.45, 7) is 0.309. The third-order valence-corrected chi connectivity index (χ3v) is 4.51. The molecule has 1 fully saturated rings. The lowest BCUT2D eigenvalue weighted by Crippen LogP contribution is -2.51. The second kappa shape index (κ2) is 6.47. The Morgan fingerprint density at radius 3 is 2.60 bits per heavy atom. The molecule has 1 aromatic carbocycles. The van der Waals surface area contributed by atoms with Gasteiger partial charge in [0.1, 0.15) is 0 Å². The van der Waals surface area contributed by atoms with Crippen molar-refractivity contribution in [1.29, 1.82) is 0 Å². The van der Waals surface area contributed by atoms with Gasteiger partial charge in [-0.3, -0.25) is 4.79 Å². The van der Waals surface area contributed by atoms with Crippen LogP contribution in [0.3, 0.4) is 0 Å². The maximum absolute atomic E-state index is 13.1. The van der Waals surface area contributed by atoms with Crippen LogP contribution in [0.4, 0.5) is 13.2 Å². The summed E-state index contributed by atoms with van der Waals surface area (Å²) >= 11 is 0. The van der Waals surface area contributed by atoms with E-state index in [1.807, 2.05) is 0 Å². The number of alkyl halides is 3. The Morgan fingerprint density at radius 2 is 1.96 bits per heavy atom. The van der Waals surface area contributed by atoms with Crippen LogP contribution in [0.1, 0.15) is 41.7 Å². The lowest BCUT2D eigenvalue weighted by Gasteiger charge is -2.28. The summed E-state index contributed by atoms with van der Waals surface area (Å²) in [4.78, 5) is 12.4. The predicted molar refractivity (Wildman–Crippen MR) is 84.1 cm³/mol. The minimum absolute atomic E-state index is 0.0447. The zero-order chi connectivity index (χ0) is 18.1. The molecule has 25 heavy (non-hydrogen) atoms. The first kappa shape index (κ1) is 17.4. The molecule has 0 atom stereocenters. The first-order valence-corrected chi connectivity index (χ1v) is 7.96. The van der Waals surface area contributed by atoms with Gasteiger partial charge < -0.3 is 11.1 Å².